The number of carbonyl (C=O) groups excluding carboxylic acids is 1. The van der Waals surface area contributed by atoms with Crippen molar-refractivity contribution in [2.24, 2.45) is 0 Å². The van der Waals surface area contributed by atoms with E-state index in [0.29, 0.717) is 19.2 Å². The van der Waals surface area contributed by atoms with Crippen molar-refractivity contribution in [3.63, 3.8) is 0 Å². The molecule has 1 aliphatic rings. The Bertz CT molecular complexity index is 242. The Labute approximate surface area is 110 Å². The maximum absolute atomic E-state index is 11.7. The third-order valence-corrected chi connectivity index (χ3v) is 3.26. The summed E-state index contributed by atoms with van der Waals surface area (Å²) in [6.07, 6.45) is 2.61. The molecule has 1 amide bonds. The average Bonchev–Trinajstić information content (AvgIpc) is 2.81. The van der Waals surface area contributed by atoms with Gasteiger partial charge in [0.15, 0.2) is 0 Å². The Hall–Kier alpha value is -0.650. The Morgan fingerprint density at radius 2 is 2.00 bits per heavy atom. The van der Waals surface area contributed by atoms with Crippen LogP contribution in [0.2, 0.25) is 0 Å². The molecule has 0 radical (unpaired) electrons. The van der Waals surface area contributed by atoms with Gasteiger partial charge in [0.25, 0.3) is 0 Å². The fraction of sp³-hybridized carbons (Fsp3) is 0.923. The molecule has 0 aromatic heterocycles. The van der Waals surface area contributed by atoms with E-state index in [1.165, 1.54) is 25.9 Å². The molecule has 0 aromatic rings. The SMILES string of the molecule is COCCNC(=O)C(C)NC(C)CN1CCCC1. The van der Waals surface area contributed by atoms with Crippen molar-refractivity contribution in [1.29, 1.82) is 0 Å². The van der Waals surface area contributed by atoms with Gasteiger partial charge in [-0.2, -0.15) is 0 Å². The highest BCUT2D eigenvalue weighted by Crippen LogP contribution is 2.07. The fourth-order valence-electron chi connectivity index (χ4n) is 2.34. The van der Waals surface area contributed by atoms with Gasteiger partial charge >= 0.3 is 0 Å². The number of methoxy groups -OCH3 is 1. The van der Waals surface area contributed by atoms with Gasteiger partial charge in [0.2, 0.25) is 5.91 Å². The monoisotopic (exact) mass is 257 g/mol. The molecule has 0 aliphatic carbocycles. The highest BCUT2D eigenvalue weighted by atomic mass is 16.5. The van der Waals surface area contributed by atoms with Crippen LogP contribution in [0.15, 0.2) is 0 Å². The zero-order valence-corrected chi connectivity index (χ0v) is 11.9. The van der Waals surface area contributed by atoms with Crippen molar-refractivity contribution in [2.45, 2.75) is 38.8 Å². The zero-order chi connectivity index (χ0) is 13.4. The summed E-state index contributed by atoms with van der Waals surface area (Å²) < 4.78 is 4.90. The summed E-state index contributed by atoms with van der Waals surface area (Å²) in [5.74, 6) is 0.0420. The van der Waals surface area contributed by atoms with Crippen molar-refractivity contribution in [3.05, 3.63) is 0 Å². The highest BCUT2D eigenvalue weighted by molar-refractivity contribution is 5.81. The molecule has 2 atom stereocenters. The lowest BCUT2D eigenvalue weighted by Crippen LogP contribution is -2.49. The first-order valence-electron chi connectivity index (χ1n) is 6.88. The van der Waals surface area contributed by atoms with Crippen molar-refractivity contribution in [3.8, 4) is 0 Å². The summed E-state index contributed by atoms with van der Waals surface area (Å²) in [4.78, 5) is 14.2. The second-order valence-electron chi connectivity index (χ2n) is 5.08. The normalized spacial score (nSPS) is 19.7. The van der Waals surface area contributed by atoms with Crippen LogP contribution >= 0.6 is 0 Å². The third-order valence-electron chi connectivity index (χ3n) is 3.26. The average molecular weight is 257 g/mol. The van der Waals surface area contributed by atoms with Gasteiger partial charge in [0.05, 0.1) is 12.6 Å². The number of nitrogens with one attached hydrogen (secondary N) is 2. The largest absolute Gasteiger partial charge is 0.383 e. The molecular formula is C13H27N3O2. The molecule has 1 saturated heterocycles. The van der Waals surface area contributed by atoms with Crippen LogP contribution in [0, 0.1) is 0 Å². The van der Waals surface area contributed by atoms with Gasteiger partial charge < -0.3 is 20.3 Å². The van der Waals surface area contributed by atoms with Gasteiger partial charge in [-0.25, -0.2) is 0 Å². The van der Waals surface area contributed by atoms with E-state index >= 15 is 0 Å². The Morgan fingerprint density at radius 3 is 2.61 bits per heavy atom. The van der Waals surface area contributed by atoms with Gasteiger partial charge in [-0.05, 0) is 39.8 Å². The summed E-state index contributed by atoms with van der Waals surface area (Å²) in [7, 11) is 1.63. The summed E-state index contributed by atoms with van der Waals surface area (Å²) in [6, 6.07) is 0.186. The highest BCUT2D eigenvalue weighted by Gasteiger charge is 2.18. The van der Waals surface area contributed by atoms with Crippen molar-refractivity contribution >= 4 is 5.91 Å². The lowest BCUT2D eigenvalue weighted by atomic mass is 10.2. The maximum Gasteiger partial charge on any atom is 0.236 e. The quantitative estimate of drug-likeness (QED) is 0.611. The van der Waals surface area contributed by atoms with Gasteiger partial charge in [0, 0.05) is 26.2 Å². The van der Waals surface area contributed by atoms with Crippen LogP contribution < -0.4 is 10.6 Å². The summed E-state index contributed by atoms with van der Waals surface area (Å²) in [6.45, 7) is 8.58. The molecule has 5 heteroatoms. The molecule has 1 heterocycles. The van der Waals surface area contributed by atoms with Crippen molar-refractivity contribution in [2.75, 3.05) is 39.9 Å². The fourth-order valence-corrected chi connectivity index (χ4v) is 2.34. The summed E-state index contributed by atoms with van der Waals surface area (Å²) in [5.41, 5.74) is 0. The summed E-state index contributed by atoms with van der Waals surface area (Å²) >= 11 is 0. The molecule has 0 aromatic carbocycles. The molecule has 0 spiro atoms. The number of carbonyl (C=O) groups is 1. The first-order valence-corrected chi connectivity index (χ1v) is 6.88. The predicted molar refractivity (Wildman–Crippen MR) is 72.6 cm³/mol. The number of likely N-dealkylation sites (tertiary alicyclic amines) is 1. The van der Waals surface area contributed by atoms with Gasteiger partial charge in [-0.3, -0.25) is 4.79 Å². The van der Waals surface area contributed by atoms with Gasteiger partial charge in [-0.1, -0.05) is 0 Å². The van der Waals surface area contributed by atoms with E-state index in [-0.39, 0.29) is 11.9 Å². The number of hydrogen-bond acceptors (Lipinski definition) is 4. The van der Waals surface area contributed by atoms with Gasteiger partial charge in [0.1, 0.15) is 0 Å². The van der Waals surface area contributed by atoms with E-state index in [1.54, 1.807) is 7.11 Å². The Balaban J connectivity index is 2.16. The van der Waals surface area contributed by atoms with E-state index in [4.69, 9.17) is 4.74 Å². The first kappa shape index (κ1) is 15.4. The van der Waals surface area contributed by atoms with E-state index in [2.05, 4.69) is 22.5 Å². The number of rotatable bonds is 8. The minimum absolute atomic E-state index is 0.0420. The second-order valence-corrected chi connectivity index (χ2v) is 5.08. The minimum atomic E-state index is -0.153. The number of hydrogen-bond donors (Lipinski definition) is 2. The molecule has 1 rings (SSSR count). The minimum Gasteiger partial charge on any atom is -0.383 e. The lowest BCUT2D eigenvalue weighted by molar-refractivity contribution is -0.123. The molecule has 0 bridgehead atoms. The topological polar surface area (TPSA) is 53.6 Å². The van der Waals surface area contributed by atoms with Crippen LogP contribution in [0.25, 0.3) is 0 Å². The number of ether oxygens (including phenoxy) is 1. The van der Waals surface area contributed by atoms with Crippen LogP contribution in [-0.2, 0) is 9.53 Å². The Kier molecular flexibility index (Phi) is 7.23. The van der Waals surface area contributed by atoms with Crippen molar-refractivity contribution in [1.82, 2.24) is 15.5 Å². The van der Waals surface area contributed by atoms with Crippen LogP contribution in [0.1, 0.15) is 26.7 Å². The van der Waals surface area contributed by atoms with E-state index < -0.39 is 0 Å². The van der Waals surface area contributed by atoms with E-state index in [1.807, 2.05) is 6.92 Å². The zero-order valence-electron chi connectivity index (χ0n) is 11.9. The van der Waals surface area contributed by atoms with E-state index in [0.717, 1.165) is 6.54 Å². The molecule has 106 valence electrons. The smallest absolute Gasteiger partial charge is 0.236 e. The first-order chi connectivity index (χ1) is 8.63. The maximum atomic E-state index is 11.7. The second kappa shape index (κ2) is 8.45. The summed E-state index contributed by atoms with van der Waals surface area (Å²) in [5, 5.41) is 6.18. The van der Waals surface area contributed by atoms with Crippen LogP contribution in [0.5, 0.6) is 0 Å². The van der Waals surface area contributed by atoms with Crippen LogP contribution in [-0.4, -0.2) is 62.8 Å². The standard InChI is InChI=1S/C13H27N3O2/c1-11(10-16-7-4-5-8-16)15-12(2)13(17)14-6-9-18-3/h11-12,15H,4-10H2,1-3H3,(H,14,17). The molecule has 1 fully saturated rings. The van der Waals surface area contributed by atoms with E-state index in [9.17, 15) is 4.79 Å². The predicted octanol–water partition coefficient (Wildman–Crippen LogP) is 0.211. The molecular weight excluding hydrogens is 230 g/mol. The van der Waals surface area contributed by atoms with Gasteiger partial charge in [-0.15, -0.1) is 0 Å². The molecule has 18 heavy (non-hydrogen) atoms. The third kappa shape index (κ3) is 5.80. The van der Waals surface area contributed by atoms with Crippen LogP contribution in [0.4, 0.5) is 0 Å². The molecule has 1 aliphatic heterocycles. The molecule has 2 unspecified atom stereocenters. The Morgan fingerprint density at radius 1 is 1.33 bits per heavy atom. The van der Waals surface area contributed by atoms with Crippen LogP contribution in [0.3, 0.4) is 0 Å². The van der Waals surface area contributed by atoms with Crippen molar-refractivity contribution < 1.29 is 9.53 Å². The molecule has 2 N–H and O–H groups in total. The lowest BCUT2D eigenvalue weighted by Gasteiger charge is -2.24. The molecule has 0 saturated carbocycles. The number of nitrogens with zero attached hydrogens (tertiary/aromatic N) is 1. The molecule has 5 nitrogen and oxygen atoms in total. The number of amides is 1.